The van der Waals surface area contributed by atoms with E-state index in [0.29, 0.717) is 12.6 Å². The molecule has 0 saturated carbocycles. The molecule has 0 aliphatic carbocycles. The second kappa shape index (κ2) is 14.2. The van der Waals surface area contributed by atoms with E-state index in [4.69, 9.17) is 4.74 Å². The van der Waals surface area contributed by atoms with Crippen LogP contribution in [0.3, 0.4) is 0 Å². The van der Waals surface area contributed by atoms with Crippen LogP contribution in [0.15, 0.2) is 60.8 Å². The lowest BCUT2D eigenvalue weighted by Crippen LogP contribution is -2.50. The monoisotopic (exact) mass is 618 g/mol. The maximum Gasteiger partial charge on any atom is 0.251 e. The summed E-state index contributed by atoms with van der Waals surface area (Å²) in [5, 5.41) is 16.2. The van der Waals surface area contributed by atoms with Gasteiger partial charge in [-0.15, -0.1) is 0 Å². The van der Waals surface area contributed by atoms with Gasteiger partial charge in [0.2, 0.25) is 10.0 Å². The Balaban J connectivity index is 1.76. The number of nitrogens with zero attached hydrogens (tertiary/aromatic N) is 2. The summed E-state index contributed by atoms with van der Waals surface area (Å²) >= 11 is 0. The second-order valence-corrected chi connectivity index (χ2v) is 14.1. The highest BCUT2D eigenvalue weighted by Crippen LogP contribution is 2.23. The van der Waals surface area contributed by atoms with Crippen LogP contribution in [0.25, 0.3) is 0 Å². The number of pyridine rings is 1. The average Bonchev–Trinajstić information content (AvgIpc) is 2.93. The molecule has 1 amide bonds. The summed E-state index contributed by atoms with van der Waals surface area (Å²) in [6.07, 6.45) is 0.139. The topological polar surface area (TPSA) is 121 Å². The first-order valence-electron chi connectivity index (χ1n) is 13.9. The molecular weight excluding hydrogens is 578 g/mol. The van der Waals surface area contributed by atoms with Crippen molar-refractivity contribution in [3.8, 4) is 5.75 Å². The first-order chi connectivity index (χ1) is 20.1. The third-order valence-corrected chi connectivity index (χ3v) is 8.97. The van der Waals surface area contributed by atoms with Gasteiger partial charge in [-0.05, 0) is 42.5 Å². The molecule has 0 radical (unpaired) electrons. The highest BCUT2D eigenvalue weighted by molar-refractivity contribution is 7.93. The van der Waals surface area contributed by atoms with Gasteiger partial charge in [0.25, 0.3) is 5.91 Å². The van der Waals surface area contributed by atoms with Crippen molar-refractivity contribution in [1.29, 1.82) is 0 Å². The number of aromatic nitrogens is 1. The van der Waals surface area contributed by atoms with Crippen molar-refractivity contribution in [2.75, 3.05) is 24.5 Å². The van der Waals surface area contributed by atoms with E-state index in [1.165, 1.54) is 39.2 Å². The summed E-state index contributed by atoms with van der Waals surface area (Å²) < 4.78 is 59.2. The average molecular weight is 619 g/mol. The predicted octanol–water partition coefficient (Wildman–Crippen LogP) is 4.16. The maximum atomic E-state index is 13.7. The normalized spacial score (nSPS) is 13.4. The number of nitrogens with one attached hydrogen (secondary N) is 2. The molecular formula is C31H40F2N4O5S. The van der Waals surface area contributed by atoms with Gasteiger partial charge in [0.15, 0.2) is 0 Å². The molecule has 2 atom stereocenters. The summed E-state index contributed by atoms with van der Waals surface area (Å²) in [4.78, 5) is 17.3. The summed E-state index contributed by atoms with van der Waals surface area (Å²) in [6, 6.07) is 12.5. The SMILES string of the molecule is CC(C)S(=O)(=O)N(C)c1cc(C(=O)NC(COc2cc(F)cc(F)c2)C(O)CNCc2cccc(C(C)(C)C)c2)ccn1. The van der Waals surface area contributed by atoms with Crippen LogP contribution in [0.4, 0.5) is 14.6 Å². The molecule has 3 aromatic rings. The molecule has 234 valence electrons. The number of carbonyl (C=O) groups excluding carboxylic acids is 1. The van der Waals surface area contributed by atoms with E-state index in [-0.39, 0.29) is 35.7 Å². The van der Waals surface area contributed by atoms with Crippen molar-refractivity contribution >= 4 is 21.7 Å². The lowest BCUT2D eigenvalue weighted by atomic mass is 9.86. The van der Waals surface area contributed by atoms with Crippen LogP contribution in [0.2, 0.25) is 0 Å². The minimum atomic E-state index is -3.69. The van der Waals surface area contributed by atoms with E-state index in [9.17, 15) is 27.1 Å². The Hall–Kier alpha value is -3.61. The number of sulfonamides is 1. The lowest BCUT2D eigenvalue weighted by Gasteiger charge is -2.25. The Morgan fingerprint density at radius 3 is 2.37 bits per heavy atom. The number of amides is 1. The maximum absolute atomic E-state index is 13.7. The first-order valence-corrected chi connectivity index (χ1v) is 15.4. The van der Waals surface area contributed by atoms with Crippen molar-refractivity contribution in [1.82, 2.24) is 15.6 Å². The predicted molar refractivity (Wildman–Crippen MR) is 163 cm³/mol. The van der Waals surface area contributed by atoms with Crippen molar-refractivity contribution < 1.29 is 31.8 Å². The number of halogens is 2. The van der Waals surface area contributed by atoms with E-state index < -0.39 is 45.0 Å². The molecule has 1 aromatic heterocycles. The van der Waals surface area contributed by atoms with E-state index in [0.717, 1.165) is 27.6 Å². The molecule has 1 heterocycles. The van der Waals surface area contributed by atoms with Crippen LogP contribution in [-0.2, 0) is 22.0 Å². The molecule has 0 aliphatic rings. The fraction of sp³-hybridized carbons (Fsp3) is 0.419. The number of aliphatic hydroxyl groups is 1. The molecule has 0 bridgehead atoms. The first kappa shape index (κ1) is 33.9. The highest BCUT2D eigenvalue weighted by Gasteiger charge is 2.26. The molecule has 0 fully saturated rings. The minimum absolute atomic E-state index is 0.0285. The molecule has 12 heteroatoms. The van der Waals surface area contributed by atoms with Crippen molar-refractivity contribution in [3.05, 3.63) is 89.1 Å². The standard InChI is InChI=1S/C31H40F2N4O5S/c1-20(2)43(40,41)37(6)29-13-22(10-11-35-29)30(39)36-27(19-42-26-15-24(32)14-25(33)16-26)28(38)18-34-17-21-8-7-9-23(12-21)31(3,4)5/h7-16,20,27-28,34,38H,17-19H2,1-6H3,(H,36,39). The lowest BCUT2D eigenvalue weighted by molar-refractivity contribution is 0.0732. The summed E-state index contributed by atoms with van der Waals surface area (Å²) in [5.74, 6) is -2.36. The molecule has 3 rings (SSSR count). The van der Waals surface area contributed by atoms with Crippen LogP contribution < -0.4 is 19.7 Å². The van der Waals surface area contributed by atoms with E-state index in [2.05, 4.69) is 48.5 Å². The number of carbonyl (C=O) groups is 1. The zero-order chi connectivity index (χ0) is 31.9. The largest absolute Gasteiger partial charge is 0.491 e. The van der Waals surface area contributed by atoms with Gasteiger partial charge in [-0.3, -0.25) is 9.10 Å². The summed E-state index contributed by atoms with van der Waals surface area (Å²) in [5.41, 5.74) is 2.24. The van der Waals surface area contributed by atoms with Crippen molar-refractivity contribution in [2.24, 2.45) is 0 Å². The van der Waals surface area contributed by atoms with Gasteiger partial charge in [-0.2, -0.15) is 0 Å². The number of ether oxygens (including phenoxy) is 1. The third kappa shape index (κ3) is 9.44. The van der Waals surface area contributed by atoms with Crippen molar-refractivity contribution in [2.45, 2.75) is 64.0 Å². The zero-order valence-electron chi connectivity index (χ0n) is 25.3. The second-order valence-electron chi connectivity index (χ2n) is 11.6. The Morgan fingerprint density at radius 1 is 1.07 bits per heavy atom. The number of rotatable bonds is 13. The Bertz CT molecular complexity index is 1490. The zero-order valence-corrected chi connectivity index (χ0v) is 26.1. The van der Waals surface area contributed by atoms with E-state index in [1.807, 2.05) is 12.1 Å². The van der Waals surface area contributed by atoms with Crippen LogP contribution >= 0.6 is 0 Å². The quantitative estimate of drug-likeness (QED) is 0.263. The van der Waals surface area contributed by atoms with Gasteiger partial charge in [0, 0.05) is 50.1 Å². The molecule has 0 aliphatic heterocycles. The van der Waals surface area contributed by atoms with Crippen LogP contribution in [0, 0.1) is 11.6 Å². The highest BCUT2D eigenvalue weighted by atomic mass is 32.2. The van der Waals surface area contributed by atoms with E-state index in [1.54, 1.807) is 0 Å². The van der Waals surface area contributed by atoms with Crippen LogP contribution in [0.1, 0.15) is 56.1 Å². The Morgan fingerprint density at radius 2 is 1.74 bits per heavy atom. The number of anilines is 1. The van der Waals surface area contributed by atoms with Gasteiger partial charge in [0.1, 0.15) is 29.8 Å². The summed E-state index contributed by atoms with van der Waals surface area (Å²) in [7, 11) is -2.34. The molecule has 9 nitrogen and oxygen atoms in total. The Labute approximate surface area is 252 Å². The smallest absolute Gasteiger partial charge is 0.251 e. The molecule has 0 spiro atoms. The van der Waals surface area contributed by atoms with E-state index >= 15 is 0 Å². The van der Waals surface area contributed by atoms with Crippen LogP contribution in [-0.4, -0.2) is 62.0 Å². The van der Waals surface area contributed by atoms with Gasteiger partial charge >= 0.3 is 0 Å². The fourth-order valence-corrected chi connectivity index (χ4v) is 5.12. The number of hydrogen-bond donors (Lipinski definition) is 3. The molecule has 2 aromatic carbocycles. The summed E-state index contributed by atoms with van der Waals surface area (Å²) in [6.45, 7) is 9.62. The minimum Gasteiger partial charge on any atom is -0.491 e. The molecule has 0 saturated heterocycles. The fourth-order valence-electron chi connectivity index (χ4n) is 4.13. The number of benzene rings is 2. The van der Waals surface area contributed by atoms with Gasteiger partial charge in [0.05, 0.1) is 17.4 Å². The van der Waals surface area contributed by atoms with Crippen LogP contribution in [0.5, 0.6) is 5.75 Å². The molecule has 3 N–H and O–H groups in total. The number of hydrogen-bond acceptors (Lipinski definition) is 7. The van der Waals surface area contributed by atoms with Gasteiger partial charge < -0.3 is 20.5 Å². The molecule has 43 heavy (non-hydrogen) atoms. The Kier molecular flexibility index (Phi) is 11.2. The van der Waals surface area contributed by atoms with Gasteiger partial charge in [-0.25, -0.2) is 22.2 Å². The van der Waals surface area contributed by atoms with Crippen molar-refractivity contribution in [3.63, 3.8) is 0 Å². The third-order valence-electron chi connectivity index (χ3n) is 6.83. The molecule has 2 unspecified atom stereocenters. The van der Waals surface area contributed by atoms with Gasteiger partial charge in [-0.1, -0.05) is 45.0 Å². The number of aliphatic hydroxyl groups excluding tert-OH is 1.